The van der Waals surface area contributed by atoms with Gasteiger partial charge in [-0.25, -0.2) is 0 Å². The van der Waals surface area contributed by atoms with Crippen molar-refractivity contribution in [3.05, 3.63) is 47.5 Å². The first-order valence-corrected chi connectivity index (χ1v) is 7.05. The van der Waals surface area contributed by atoms with Crippen molar-refractivity contribution >= 4 is 17.3 Å². The molecule has 2 aromatic rings. The Hall–Kier alpha value is -2.43. The van der Waals surface area contributed by atoms with Gasteiger partial charge in [0.25, 0.3) is 5.91 Å². The van der Waals surface area contributed by atoms with Crippen molar-refractivity contribution in [3.8, 4) is 0 Å². The van der Waals surface area contributed by atoms with Crippen LogP contribution >= 0.6 is 0 Å². The van der Waals surface area contributed by atoms with E-state index in [0.717, 1.165) is 35.7 Å². The Kier molecular flexibility index (Phi) is 4.87. The van der Waals surface area contributed by atoms with E-state index in [1.54, 1.807) is 18.5 Å². The maximum Gasteiger partial charge on any atom is 0.257 e. The summed E-state index contributed by atoms with van der Waals surface area (Å²) in [6.07, 6.45) is 4.27. The molecule has 2 N–H and O–H groups in total. The molecule has 0 aromatic carbocycles. The van der Waals surface area contributed by atoms with E-state index in [1.807, 2.05) is 26.0 Å². The number of carbonyl (C=O) groups is 1. The van der Waals surface area contributed by atoms with Gasteiger partial charge in [0.2, 0.25) is 0 Å². The Morgan fingerprint density at radius 1 is 1.19 bits per heavy atom. The lowest BCUT2D eigenvalue weighted by Crippen LogP contribution is -2.16. The van der Waals surface area contributed by atoms with Crippen molar-refractivity contribution in [2.45, 2.75) is 27.2 Å². The minimum atomic E-state index is -0.162. The number of rotatable bonds is 5. The molecular formula is C16H20N4O. The van der Waals surface area contributed by atoms with E-state index < -0.39 is 0 Å². The van der Waals surface area contributed by atoms with Gasteiger partial charge in [0.15, 0.2) is 0 Å². The van der Waals surface area contributed by atoms with Crippen LogP contribution in [0.1, 0.15) is 35.1 Å². The highest BCUT2D eigenvalue weighted by molar-refractivity contribution is 6.08. The zero-order chi connectivity index (χ0) is 15.2. The van der Waals surface area contributed by atoms with Crippen molar-refractivity contribution in [1.82, 2.24) is 9.97 Å². The first kappa shape index (κ1) is 15.0. The van der Waals surface area contributed by atoms with Crippen LogP contribution in [0.15, 0.2) is 30.6 Å². The summed E-state index contributed by atoms with van der Waals surface area (Å²) in [6.45, 7) is 6.68. The molecule has 2 heterocycles. The molecule has 2 rings (SSSR count). The predicted molar refractivity (Wildman–Crippen MR) is 84.7 cm³/mol. The molecule has 0 radical (unpaired) electrons. The topological polar surface area (TPSA) is 66.9 Å². The lowest BCUT2D eigenvalue weighted by molar-refractivity contribution is 0.102. The van der Waals surface area contributed by atoms with E-state index in [9.17, 15) is 4.79 Å². The maximum atomic E-state index is 12.4. The molecule has 21 heavy (non-hydrogen) atoms. The highest BCUT2D eigenvalue weighted by Crippen LogP contribution is 2.18. The number of aryl methyl sites for hydroxylation is 2. The predicted octanol–water partition coefficient (Wildman–Crippen LogP) is 3.17. The van der Waals surface area contributed by atoms with E-state index >= 15 is 0 Å². The molecule has 2 aromatic heterocycles. The van der Waals surface area contributed by atoms with Crippen molar-refractivity contribution in [3.63, 3.8) is 0 Å². The fourth-order valence-corrected chi connectivity index (χ4v) is 2.00. The number of pyridine rings is 2. The summed E-state index contributed by atoms with van der Waals surface area (Å²) >= 11 is 0. The number of carbonyl (C=O) groups excluding carboxylic acids is 1. The standard InChI is InChI=1S/C16H20N4O/c1-4-8-18-15-10-17-9-7-13(15)16(21)20-14-6-5-11(2)19-12(14)3/h5-7,9-10,18H,4,8H2,1-3H3,(H,20,21). The first-order valence-electron chi connectivity index (χ1n) is 7.05. The van der Waals surface area contributed by atoms with Crippen molar-refractivity contribution in [1.29, 1.82) is 0 Å². The number of aromatic nitrogens is 2. The number of hydrogen-bond acceptors (Lipinski definition) is 4. The van der Waals surface area contributed by atoms with Gasteiger partial charge in [0.05, 0.1) is 28.8 Å². The molecule has 0 bridgehead atoms. The van der Waals surface area contributed by atoms with Gasteiger partial charge in [-0.05, 0) is 38.5 Å². The Balaban J connectivity index is 2.20. The van der Waals surface area contributed by atoms with Crippen LogP contribution < -0.4 is 10.6 Å². The minimum absolute atomic E-state index is 0.162. The van der Waals surface area contributed by atoms with Crippen LogP contribution in [0, 0.1) is 13.8 Å². The van der Waals surface area contributed by atoms with Gasteiger partial charge in [-0.2, -0.15) is 0 Å². The third kappa shape index (κ3) is 3.78. The van der Waals surface area contributed by atoms with Gasteiger partial charge in [0, 0.05) is 18.4 Å². The SMILES string of the molecule is CCCNc1cnccc1C(=O)Nc1ccc(C)nc1C. The number of amides is 1. The second-order valence-corrected chi connectivity index (χ2v) is 4.89. The minimum Gasteiger partial charge on any atom is -0.383 e. The summed E-state index contributed by atoms with van der Waals surface area (Å²) in [6, 6.07) is 5.46. The molecule has 1 amide bonds. The lowest BCUT2D eigenvalue weighted by atomic mass is 10.2. The third-order valence-electron chi connectivity index (χ3n) is 3.10. The molecule has 0 aliphatic rings. The third-order valence-corrected chi connectivity index (χ3v) is 3.10. The number of nitrogens with one attached hydrogen (secondary N) is 2. The van der Waals surface area contributed by atoms with Gasteiger partial charge in [-0.3, -0.25) is 14.8 Å². The maximum absolute atomic E-state index is 12.4. The average molecular weight is 284 g/mol. The molecule has 5 nitrogen and oxygen atoms in total. The molecule has 0 saturated carbocycles. The fraction of sp³-hybridized carbons (Fsp3) is 0.312. The quantitative estimate of drug-likeness (QED) is 0.885. The zero-order valence-corrected chi connectivity index (χ0v) is 12.6. The second kappa shape index (κ2) is 6.83. The van der Waals surface area contributed by atoms with Crippen LogP contribution in [0.25, 0.3) is 0 Å². The molecule has 0 atom stereocenters. The molecule has 0 aliphatic heterocycles. The summed E-state index contributed by atoms with van der Waals surface area (Å²) in [5.41, 5.74) is 3.79. The summed E-state index contributed by atoms with van der Waals surface area (Å²) in [4.78, 5) is 20.8. The van der Waals surface area contributed by atoms with Crippen LogP contribution in [0.4, 0.5) is 11.4 Å². The van der Waals surface area contributed by atoms with Crippen LogP contribution in [0.5, 0.6) is 0 Å². The summed E-state index contributed by atoms with van der Waals surface area (Å²) in [7, 11) is 0. The molecule has 0 spiro atoms. The normalized spacial score (nSPS) is 10.2. The van der Waals surface area contributed by atoms with Crippen LogP contribution in [-0.4, -0.2) is 22.4 Å². The Morgan fingerprint density at radius 3 is 2.71 bits per heavy atom. The van der Waals surface area contributed by atoms with Crippen LogP contribution in [0.2, 0.25) is 0 Å². The van der Waals surface area contributed by atoms with E-state index in [1.165, 1.54) is 0 Å². The summed E-state index contributed by atoms with van der Waals surface area (Å²) in [5, 5.41) is 6.12. The van der Waals surface area contributed by atoms with Crippen molar-refractivity contribution < 1.29 is 4.79 Å². The number of hydrogen-bond donors (Lipinski definition) is 2. The smallest absolute Gasteiger partial charge is 0.257 e. The van der Waals surface area contributed by atoms with Gasteiger partial charge in [-0.1, -0.05) is 6.92 Å². The van der Waals surface area contributed by atoms with Gasteiger partial charge < -0.3 is 10.6 Å². The van der Waals surface area contributed by atoms with Gasteiger partial charge in [-0.15, -0.1) is 0 Å². The monoisotopic (exact) mass is 284 g/mol. The van der Waals surface area contributed by atoms with Gasteiger partial charge in [0.1, 0.15) is 0 Å². The van der Waals surface area contributed by atoms with E-state index in [-0.39, 0.29) is 5.91 Å². The van der Waals surface area contributed by atoms with Crippen LogP contribution in [-0.2, 0) is 0 Å². The largest absolute Gasteiger partial charge is 0.383 e. The van der Waals surface area contributed by atoms with Crippen LogP contribution in [0.3, 0.4) is 0 Å². The Labute approximate surface area is 124 Å². The van der Waals surface area contributed by atoms with E-state index in [0.29, 0.717) is 5.56 Å². The van der Waals surface area contributed by atoms with E-state index in [2.05, 4.69) is 27.5 Å². The average Bonchev–Trinajstić information content (AvgIpc) is 2.48. The molecule has 0 fully saturated rings. The lowest BCUT2D eigenvalue weighted by Gasteiger charge is -2.12. The number of anilines is 2. The molecule has 5 heteroatoms. The molecule has 0 unspecified atom stereocenters. The highest BCUT2D eigenvalue weighted by Gasteiger charge is 2.12. The van der Waals surface area contributed by atoms with Crippen molar-refractivity contribution in [2.24, 2.45) is 0 Å². The molecule has 0 saturated heterocycles. The fourth-order valence-electron chi connectivity index (χ4n) is 2.00. The molecule has 110 valence electrons. The molecule has 0 aliphatic carbocycles. The molecular weight excluding hydrogens is 264 g/mol. The number of nitrogens with zero attached hydrogens (tertiary/aromatic N) is 2. The highest BCUT2D eigenvalue weighted by atomic mass is 16.1. The zero-order valence-electron chi connectivity index (χ0n) is 12.6. The van der Waals surface area contributed by atoms with Gasteiger partial charge >= 0.3 is 0 Å². The Bertz CT molecular complexity index is 640. The first-order chi connectivity index (χ1) is 10.1. The summed E-state index contributed by atoms with van der Waals surface area (Å²) < 4.78 is 0. The second-order valence-electron chi connectivity index (χ2n) is 4.89. The summed E-state index contributed by atoms with van der Waals surface area (Å²) in [5.74, 6) is -0.162. The Morgan fingerprint density at radius 2 is 2.00 bits per heavy atom. The van der Waals surface area contributed by atoms with Crippen molar-refractivity contribution in [2.75, 3.05) is 17.2 Å². The van der Waals surface area contributed by atoms with E-state index in [4.69, 9.17) is 0 Å².